The quantitative estimate of drug-likeness (QED) is 0.285. The molecule has 0 saturated carbocycles. The fourth-order valence-electron chi connectivity index (χ4n) is 3.80. The molecule has 7 nitrogen and oxygen atoms in total. The molecule has 9 heteroatoms. The Labute approximate surface area is 210 Å². The number of guanidine groups is 1. The van der Waals surface area contributed by atoms with Crippen LogP contribution in [0.4, 0.5) is 10.1 Å². The van der Waals surface area contributed by atoms with E-state index >= 15 is 0 Å². The summed E-state index contributed by atoms with van der Waals surface area (Å²) in [6.45, 7) is 15.4. The molecule has 1 aromatic rings. The number of halogens is 2. The number of aliphatic imine (C=N–C) groups is 1. The Balaban J connectivity index is 0.00000512. The lowest BCUT2D eigenvalue weighted by Crippen LogP contribution is -2.46. The van der Waals surface area contributed by atoms with Crippen molar-refractivity contribution in [2.75, 3.05) is 70.9 Å². The van der Waals surface area contributed by atoms with Crippen LogP contribution in [0.1, 0.15) is 33.3 Å². The molecule has 2 rings (SSSR count). The van der Waals surface area contributed by atoms with E-state index in [1.165, 1.54) is 0 Å². The molecule has 0 spiro atoms. The lowest BCUT2D eigenvalue weighted by atomic mass is 10.1. The summed E-state index contributed by atoms with van der Waals surface area (Å²) in [4.78, 5) is 25.2. The van der Waals surface area contributed by atoms with Gasteiger partial charge in [0, 0.05) is 52.9 Å². The van der Waals surface area contributed by atoms with Gasteiger partial charge in [0.1, 0.15) is 5.82 Å². The van der Waals surface area contributed by atoms with Crippen molar-refractivity contribution >= 4 is 41.5 Å². The zero-order valence-electron chi connectivity index (χ0n) is 20.2. The minimum absolute atomic E-state index is 0. The van der Waals surface area contributed by atoms with E-state index in [0.29, 0.717) is 37.8 Å². The standard InChI is InChI=1S/C23H39FN6O.HI/c1-6-25-23(27(5)18-22(31)29(8-3)9-4)26-17-19-10-11-21(20(24)16-19)30-14-12-28(7-2)13-15-30;/h10-11,16H,6-9,12-15,17-18H2,1-5H3,(H,25,26);1H. The molecule has 1 amide bonds. The van der Waals surface area contributed by atoms with E-state index in [2.05, 4.69) is 27.0 Å². The molecular formula is C23H40FIN6O. The van der Waals surface area contributed by atoms with Crippen LogP contribution in [0.25, 0.3) is 0 Å². The second kappa shape index (κ2) is 14.5. The number of nitrogens with one attached hydrogen (secondary N) is 1. The van der Waals surface area contributed by atoms with Crippen molar-refractivity contribution in [1.82, 2.24) is 20.0 Å². The maximum Gasteiger partial charge on any atom is 0.242 e. The highest BCUT2D eigenvalue weighted by molar-refractivity contribution is 14.0. The van der Waals surface area contributed by atoms with Gasteiger partial charge in [0.2, 0.25) is 5.91 Å². The summed E-state index contributed by atoms with van der Waals surface area (Å²) >= 11 is 0. The Bertz CT molecular complexity index is 735. The van der Waals surface area contributed by atoms with E-state index in [1.54, 1.807) is 11.0 Å². The average Bonchev–Trinajstić information content (AvgIpc) is 2.77. The number of carbonyl (C=O) groups is 1. The van der Waals surface area contributed by atoms with Gasteiger partial charge in [-0.2, -0.15) is 0 Å². The zero-order chi connectivity index (χ0) is 22.8. The average molecular weight is 563 g/mol. The van der Waals surface area contributed by atoms with Crippen LogP contribution in [0, 0.1) is 5.82 Å². The third kappa shape index (κ3) is 8.06. The minimum Gasteiger partial charge on any atom is -0.367 e. The van der Waals surface area contributed by atoms with Crippen LogP contribution in [-0.4, -0.2) is 92.5 Å². The van der Waals surface area contributed by atoms with Gasteiger partial charge in [-0.05, 0) is 45.0 Å². The number of anilines is 1. The Morgan fingerprint density at radius 2 is 1.78 bits per heavy atom. The van der Waals surface area contributed by atoms with E-state index in [9.17, 15) is 9.18 Å². The molecule has 1 heterocycles. The molecule has 1 saturated heterocycles. The first kappa shape index (κ1) is 28.4. The van der Waals surface area contributed by atoms with Gasteiger partial charge in [-0.25, -0.2) is 9.38 Å². The number of amides is 1. The van der Waals surface area contributed by atoms with Gasteiger partial charge in [-0.15, -0.1) is 24.0 Å². The molecular weight excluding hydrogens is 522 g/mol. The number of hydrogen-bond acceptors (Lipinski definition) is 4. The first-order valence-electron chi connectivity index (χ1n) is 11.5. The maximum atomic E-state index is 14.8. The molecule has 0 aromatic heterocycles. The van der Waals surface area contributed by atoms with Gasteiger partial charge in [-0.3, -0.25) is 4.79 Å². The molecule has 0 bridgehead atoms. The van der Waals surface area contributed by atoms with Gasteiger partial charge >= 0.3 is 0 Å². The number of carbonyl (C=O) groups excluding carboxylic acids is 1. The van der Waals surface area contributed by atoms with Crippen molar-refractivity contribution in [2.45, 2.75) is 34.2 Å². The number of benzene rings is 1. The number of rotatable bonds is 9. The Hall–Kier alpha value is -1.62. The Morgan fingerprint density at radius 3 is 2.31 bits per heavy atom. The molecule has 32 heavy (non-hydrogen) atoms. The van der Waals surface area contributed by atoms with E-state index in [-0.39, 0.29) is 42.2 Å². The second-order valence-corrected chi connectivity index (χ2v) is 7.80. The van der Waals surface area contributed by atoms with Crippen molar-refractivity contribution in [1.29, 1.82) is 0 Å². The molecule has 0 aliphatic carbocycles. The first-order chi connectivity index (χ1) is 14.9. The zero-order valence-corrected chi connectivity index (χ0v) is 22.6. The highest BCUT2D eigenvalue weighted by Gasteiger charge is 2.19. The second-order valence-electron chi connectivity index (χ2n) is 7.80. The Kier molecular flexibility index (Phi) is 12.9. The fourth-order valence-corrected chi connectivity index (χ4v) is 3.80. The molecule has 0 unspecified atom stereocenters. The summed E-state index contributed by atoms with van der Waals surface area (Å²) in [5.41, 5.74) is 1.48. The maximum absolute atomic E-state index is 14.8. The van der Waals surface area contributed by atoms with Crippen molar-refractivity contribution in [3.05, 3.63) is 29.6 Å². The number of piperazine rings is 1. The van der Waals surface area contributed by atoms with Gasteiger partial charge in [0.05, 0.1) is 18.8 Å². The van der Waals surface area contributed by atoms with Crippen molar-refractivity contribution < 1.29 is 9.18 Å². The lowest BCUT2D eigenvalue weighted by Gasteiger charge is -2.35. The third-order valence-corrected chi connectivity index (χ3v) is 5.77. The fraction of sp³-hybridized carbons (Fsp3) is 0.652. The van der Waals surface area contributed by atoms with Gasteiger partial charge in [0.25, 0.3) is 0 Å². The van der Waals surface area contributed by atoms with Gasteiger partial charge in [-0.1, -0.05) is 13.0 Å². The molecule has 182 valence electrons. The summed E-state index contributed by atoms with van der Waals surface area (Å²) < 4.78 is 14.8. The summed E-state index contributed by atoms with van der Waals surface area (Å²) in [5, 5.41) is 3.22. The Morgan fingerprint density at radius 1 is 1.12 bits per heavy atom. The van der Waals surface area contributed by atoms with Crippen LogP contribution in [0.15, 0.2) is 23.2 Å². The first-order valence-corrected chi connectivity index (χ1v) is 11.5. The minimum atomic E-state index is -0.201. The van der Waals surface area contributed by atoms with Crippen molar-refractivity contribution in [3.63, 3.8) is 0 Å². The van der Waals surface area contributed by atoms with Gasteiger partial charge in [0.15, 0.2) is 5.96 Å². The summed E-state index contributed by atoms with van der Waals surface area (Å²) in [5.74, 6) is 0.507. The van der Waals surface area contributed by atoms with Crippen LogP contribution in [0.5, 0.6) is 0 Å². The highest BCUT2D eigenvalue weighted by atomic mass is 127. The van der Waals surface area contributed by atoms with Crippen molar-refractivity contribution in [3.8, 4) is 0 Å². The van der Waals surface area contributed by atoms with Crippen LogP contribution in [0.3, 0.4) is 0 Å². The van der Waals surface area contributed by atoms with E-state index < -0.39 is 0 Å². The van der Waals surface area contributed by atoms with Gasteiger partial charge < -0.3 is 24.9 Å². The van der Waals surface area contributed by atoms with E-state index in [1.807, 2.05) is 44.9 Å². The van der Waals surface area contributed by atoms with Crippen LogP contribution in [-0.2, 0) is 11.3 Å². The van der Waals surface area contributed by atoms with Crippen LogP contribution < -0.4 is 10.2 Å². The molecule has 1 N–H and O–H groups in total. The predicted molar refractivity (Wildman–Crippen MR) is 142 cm³/mol. The molecule has 1 fully saturated rings. The molecule has 1 aliphatic rings. The molecule has 1 aliphatic heterocycles. The SMILES string of the molecule is CCNC(=NCc1ccc(N2CCN(CC)CC2)c(F)c1)N(C)CC(=O)N(CC)CC.I. The normalized spacial score (nSPS) is 14.7. The van der Waals surface area contributed by atoms with E-state index in [0.717, 1.165) is 38.3 Å². The number of hydrogen-bond donors (Lipinski definition) is 1. The topological polar surface area (TPSA) is 54.4 Å². The smallest absolute Gasteiger partial charge is 0.242 e. The summed E-state index contributed by atoms with van der Waals surface area (Å²) in [7, 11) is 1.85. The number of likely N-dealkylation sites (N-methyl/N-ethyl adjacent to an activating group) is 3. The summed E-state index contributed by atoms with van der Waals surface area (Å²) in [6, 6.07) is 5.39. The largest absolute Gasteiger partial charge is 0.367 e. The third-order valence-electron chi connectivity index (χ3n) is 5.77. The highest BCUT2D eigenvalue weighted by Crippen LogP contribution is 2.22. The molecule has 0 atom stereocenters. The summed E-state index contributed by atoms with van der Waals surface area (Å²) in [6.07, 6.45) is 0. The molecule has 0 radical (unpaired) electrons. The monoisotopic (exact) mass is 562 g/mol. The van der Waals surface area contributed by atoms with E-state index in [4.69, 9.17) is 0 Å². The van der Waals surface area contributed by atoms with Crippen LogP contribution in [0.2, 0.25) is 0 Å². The lowest BCUT2D eigenvalue weighted by molar-refractivity contribution is -0.131. The number of nitrogens with zero attached hydrogens (tertiary/aromatic N) is 5. The van der Waals surface area contributed by atoms with Crippen molar-refractivity contribution in [2.24, 2.45) is 4.99 Å². The van der Waals surface area contributed by atoms with Crippen LogP contribution >= 0.6 is 24.0 Å². The predicted octanol–water partition coefficient (Wildman–Crippen LogP) is 2.85. The molecule has 1 aromatic carbocycles.